The van der Waals surface area contributed by atoms with Crippen LogP contribution >= 0.6 is 0 Å². The fourth-order valence-electron chi connectivity index (χ4n) is 4.08. The first-order valence-corrected chi connectivity index (χ1v) is 9.55. The number of carboxylic acids is 1. The molecule has 34 heavy (non-hydrogen) atoms. The molecule has 12 heteroatoms. The number of fused-ring (bicyclic) bond motifs is 1. The topological polar surface area (TPSA) is 229 Å². The summed E-state index contributed by atoms with van der Waals surface area (Å²) in [6.07, 6.45) is -2.42. The van der Waals surface area contributed by atoms with Gasteiger partial charge < -0.3 is 55.8 Å². The second-order valence-electron chi connectivity index (χ2n) is 7.77. The largest absolute Gasteiger partial charge is 0.508 e. The summed E-state index contributed by atoms with van der Waals surface area (Å²) in [6.45, 7) is 0. The molecule has 0 amide bonds. The fraction of sp³-hybridized carbons (Fsp3) is 0.136. The molecule has 0 bridgehead atoms. The monoisotopic (exact) mass is 474 g/mol. The molecule has 1 aliphatic heterocycles. The van der Waals surface area contributed by atoms with Crippen molar-refractivity contribution in [2.24, 2.45) is 0 Å². The van der Waals surface area contributed by atoms with E-state index >= 15 is 0 Å². The van der Waals surface area contributed by atoms with E-state index in [0.29, 0.717) is 6.07 Å². The average Bonchev–Trinajstić information content (AvgIpc) is 2.75. The Morgan fingerprint density at radius 1 is 0.794 bits per heavy atom. The van der Waals surface area contributed by atoms with Crippen molar-refractivity contribution in [2.75, 3.05) is 0 Å². The molecule has 12 nitrogen and oxygen atoms in total. The van der Waals surface area contributed by atoms with Crippen molar-refractivity contribution < 1.29 is 60.6 Å². The number of benzene rings is 3. The third-order valence-corrected chi connectivity index (χ3v) is 5.61. The van der Waals surface area contributed by atoms with Gasteiger partial charge in [-0.25, -0.2) is 4.79 Å². The minimum Gasteiger partial charge on any atom is -0.508 e. The standard InChI is InChI=1S/C22H18O12/c23-8-3-11(24)10-6-22(33,16-9(21(31)32)5-14(27)18(29)19(16)30)20(34-15(10)4-8)7-1-12(25)17(28)13(26)2-7/h1-5,20,23-30,33H,6H2,(H,31,32)/t20-,22-/m1/s1. The van der Waals surface area contributed by atoms with Gasteiger partial charge in [0, 0.05) is 35.2 Å². The first-order chi connectivity index (χ1) is 15.8. The van der Waals surface area contributed by atoms with Crippen LogP contribution in [0.1, 0.15) is 33.2 Å². The maximum Gasteiger partial charge on any atom is 0.336 e. The van der Waals surface area contributed by atoms with Crippen molar-refractivity contribution in [1.29, 1.82) is 0 Å². The first-order valence-electron chi connectivity index (χ1n) is 9.55. The summed E-state index contributed by atoms with van der Waals surface area (Å²) in [7, 11) is 0. The Morgan fingerprint density at radius 2 is 1.38 bits per heavy atom. The molecule has 1 aliphatic rings. The second kappa shape index (κ2) is 7.42. The number of rotatable bonds is 3. The van der Waals surface area contributed by atoms with Crippen molar-refractivity contribution in [3.05, 3.63) is 52.6 Å². The van der Waals surface area contributed by atoms with Gasteiger partial charge in [-0.15, -0.1) is 0 Å². The maximum absolute atomic E-state index is 11.9. The van der Waals surface area contributed by atoms with E-state index in [1.807, 2.05) is 0 Å². The molecule has 0 radical (unpaired) electrons. The van der Waals surface area contributed by atoms with Crippen LogP contribution in [0, 0.1) is 0 Å². The van der Waals surface area contributed by atoms with E-state index < -0.39 is 81.2 Å². The lowest BCUT2D eigenvalue weighted by Crippen LogP contribution is -2.43. The van der Waals surface area contributed by atoms with Crippen LogP contribution in [0.15, 0.2) is 30.3 Å². The Bertz CT molecular complexity index is 1330. The minimum absolute atomic E-state index is 0.118. The molecule has 0 unspecified atom stereocenters. The SMILES string of the molecule is O=C(O)c1cc(O)c(O)c(O)c1[C@]1(O)Cc2c(O)cc(O)cc2O[C@@H]1c1cc(O)c(O)c(O)c1. The van der Waals surface area contributed by atoms with Gasteiger partial charge in [0.25, 0.3) is 0 Å². The average molecular weight is 474 g/mol. The van der Waals surface area contributed by atoms with E-state index in [4.69, 9.17) is 4.74 Å². The molecule has 178 valence electrons. The predicted octanol–water partition coefficient (Wildman–Crippen LogP) is 1.59. The van der Waals surface area contributed by atoms with E-state index in [0.717, 1.165) is 24.3 Å². The lowest BCUT2D eigenvalue weighted by Gasteiger charge is -2.42. The van der Waals surface area contributed by atoms with E-state index in [9.17, 15) is 55.9 Å². The lowest BCUT2D eigenvalue weighted by atomic mass is 9.75. The molecule has 0 aromatic heterocycles. The molecule has 0 fully saturated rings. The molecular weight excluding hydrogens is 456 g/mol. The van der Waals surface area contributed by atoms with Crippen molar-refractivity contribution >= 4 is 5.97 Å². The quantitative estimate of drug-likeness (QED) is 0.244. The Hall–Kier alpha value is -4.71. The van der Waals surface area contributed by atoms with E-state index in [1.165, 1.54) is 0 Å². The predicted molar refractivity (Wildman–Crippen MR) is 111 cm³/mol. The minimum atomic E-state index is -2.62. The zero-order valence-corrected chi connectivity index (χ0v) is 17.0. The highest BCUT2D eigenvalue weighted by Gasteiger charge is 2.51. The number of carboxylic acid groups (broad SMARTS) is 1. The summed E-state index contributed by atoms with van der Waals surface area (Å²) >= 11 is 0. The van der Waals surface area contributed by atoms with Crippen LogP contribution in [0.4, 0.5) is 0 Å². The molecule has 2 atom stereocenters. The highest BCUT2D eigenvalue weighted by Crippen LogP contribution is 2.56. The zero-order valence-electron chi connectivity index (χ0n) is 17.0. The molecule has 1 heterocycles. The molecule has 3 aromatic rings. The number of carbonyl (C=O) groups is 1. The Morgan fingerprint density at radius 3 is 1.97 bits per heavy atom. The Kier molecular flexibility index (Phi) is 4.91. The smallest absolute Gasteiger partial charge is 0.336 e. The summed E-state index contributed by atoms with van der Waals surface area (Å²) in [5, 5.41) is 102. The van der Waals surface area contributed by atoms with Gasteiger partial charge in [0.15, 0.2) is 34.9 Å². The molecule has 0 saturated carbocycles. The van der Waals surface area contributed by atoms with Crippen molar-refractivity contribution in [3.8, 4) is 51.7 Å². The molecule has 4 rings (SSSR count). The number of phenolic OH excluding ortho intramolecular Hbond substituents is 8. The number of aromatic hydroxyl groups is 8. The third kappa shape index (κ3) is 3.24. The van der Waals surface area contributed by atoms with Gasteiger partial charge in [-0.3, -0.25) is 0 Å². The molecule has 0 spiro atoms. The highest BCUT2D eigenvalue weighted by atomic mass is 16.5. The second-order valence-corrected chi connectivity index (χ2v) is 7.77. The number of hydrogen-bond donors (Lipinski definition) is 10. The van der Waals surface area contributed by atoms with Crippen molar-refractivity contribution in [3.63, 3.8) is 0 Å². The van der Waals surface area contributed by atoms with E-state index in [1.54, 1.807) is 0 Å². The normalized spacial score (nSPS) is 19.3. The molecule has 3 aromatic carbocycles. The third-order valence-electron chi connectivity index (χ3n) is 5.61. The molecule has 10 N–H and O–H groups in total. The van der Waals surface area contributed by atoms with Crippen molar-refractivity contribution in [1.82, 2.24) is 0 Å². The van der Waals surface area contributed by atoms with Gasteiger partial charge in [-0.05, 0) is 18.2 Å². The summed E-state index contributed by atoms with van der Waals surface area (Å²) in [4.78, 5) is 11.9. The van der Waals surface area contributed by atoms with Gasteiger partial charge in [0.1, 0.15) is 22.8 Å². The molecular formula is C22H18O12. The zero-order chi connectivity index (χ0) is 25.1. The number of hydrogen-bond acceptors (Lipinski definition) is 11. The van der Waals surface area contributed by atoms with Crippen LogP contribution < -0.4 is 4.74 Å². The van der Waals surface area contributed by atoms with Crippen LogP contribution in [0.2, 0.25) is 0 Å². The van der Waals surface area contributed by atoms with Crippen LogP contribution in [-0.2, 0) is 12.0 Å². The van der Waals surface area contributed by atoms with Crippen molar-refractivity contribution in [2.45, 2.75) is 18.1 Å². The molecule has 0 saturated heterocycles. The number of ether oxygens (including phenoxy) is 1. The Balaban J connectivity index is 2.07. The highest BCUT2D eigenvalue weighted by molar-refractivity contribution is 5.92. The Labute approximate surface area is 189 Å². The number of phenols is 8. The summed E-state index contributed by atoms with van der Waals surface area (Å²) < 4.78 is 5.74. The van der Waals surface area contributed by atoms with E-state index in [-0.39, 0.29) is 16.9 Å². The first kappa shape index (κ1) is 22.5. The summed E-state index contributed by atoms with van der Waals surface area (Å²) in [5.74, 6) is -8.77. The molecule has 0 aliphatic carbocycles. The maximum atomic E-state index is 11.9. The number of aromatic carboxylic acids is 1. The lowest BCUT2D eigenvalue weighted by molar-refractivity contribution is -0.0849. The fourth-order valence-corrected chi connectivity index (χ4v) is 4.08. The van der Waals surface area contributed by atoms with Crippen LogP contribution in [-0.4, -0.2) is 57.0 Å². The van der Waals surface area contributed by atoms with Gasteiger partial charge in [0.2, 0.25) is 5.75 Å². The van der Waals surface area contributed by atoms with Gasteiger partial charge >= 0.3 is 5.97 Å². The van der Waals surface area contributed by atoms with Gasteiger partial charge in [0.05, 0.1) is 5.56 Å². The van der Waals surface area contributed by atoms with Crippen LogP contribution in [0.3, 0.4) is 0 Å². The van der Waals surface area contributed by atoms with Gasteiger partial charge in [-0.1, -0.05) is 0 Å². The number of aliphatic hydroxyl groups is 1. The summed E-state index contributed by atoms with van der Waals surface area (Å²) in [5.41, 5.74) is -4.62. The van der Waals surface area contributed by atoms with Crippen LogP contribution in [0.25, 0.3) is 0 Å². The van der Waals surface area contributed by atoms with Gasteiger partial charge in [-0.2, -0.15) is 0 Å². The van der Waals surface area contributed by atoms with Crippen LogP contribution in [0.5, 0.6) is 51.7 Å². The summed E-state index contributed by atoms with van der Waals surface area (Å²) in [6, 6.07) is 4.35. The van der Waals surface area contributed by atoms with E-state index in [2.05, 4.69) is 0 Å².